The molecule has 236 valence electrons. The predicted molar refractivity (Wildman–Crippen MR) is 168 cm³/mol. The molecule has 0 bridgehead atoms. The Morgan fingerprint density at radius 1 is 0.889 bits per heavy atom. The Balaban J connectivity index is 1.38. The van der Waals surface area contributed by atoms with Gasteiger partial charge in [0.25, 0.3) is 5.91 Å². The number of hydrogen-bond donors (Lipinski definition) is 0. The molecule has 0 spiro atoms. The van der Waals surface area contributed by atoms with Crippen LogP contribution < -0.4 is 14.2 Å². The normalized spacial score (nSPS) is 19.0. The molecule has 0 saturated carbocycles. The number of amides is 1. The van der Waals surface area contributed by atoms with Gasteiger partial charge in [-0.1, -0.05) is 65.8 Å². The second kappa shape index (κ2) is 13.7. The molecule has 2 fully saturated rings. The summed E-state index contributed by atoms with van der Waals surface area (Å²) in [6, 6.07) is 23.4. The average molecular weight is 613 g/mol. The average Bonchev–Trinajstić information content (AvgIpc) is 3.61. The second-order valence-electron chi connectivity index (χ2n) is 11.7. The summed E-state index contributed by atoms with van der Waals surface area (Å²) in [4.78, 5) is 29.3. The van der Waals surface area contributed by atoms with Gasteiger partial charge in [-0.25, -0.2) is 0 Å². The van der Waals surface area contributed by atoms with E-state index in [1.165, 1.54) is 24.4 Å². The van der Waals surface area contributed by atoms with E-state index in [1.54, 1.807) is 13.2 Å². The smallest absolute Gasteiger partial charge is 0.322 e. The molecule has 11 nitrogen and oxygen atoms in total. The lowest BCUT2D eigenvalue weighted by molar-refractivity contribution is -0.0300. The van der Waals surface area contributed by atoms with Crippen LogP contribution in [-0.4, -0.2) is 101 Å². The first-order valence-electron chi connectivity index (χ1n) is 15.4. The monoisotopic (exact) mass is 612 g/mol. The number of fused-ring (bicyclic) bond motifs is 1. The molecule has 2 saturated heterocycles. The van der Waals surface area contributed by atoms with Crippen LogP contribution in [0.4, 0.5) is 0 Å². The minimum absolute atomic E-state index is 0.0684. The molecule has 0 aliphatic carbocycles. The summed E-state index contributed by atoms with van der Waals surface area (Å²) in [7, 11) is 3.12. The van der Waals surface area contributed by atoms with Crippen molar-refractivity contribution in [1.29, 1.82) is 0 Å². The van der Waals surface area contributed by atoms with Gasteiger partial charge in [-0.3, -0.25) is 14.6 Å². The van der Waals surface area contributed by atoms with Crippen molar-refractivity contribution in [2.24, 2.45) is 0 Å². The molecule has 2 aromatic heterocycles. The molecule has 6 rings (SSSR count). The zero-order valence-corrected chi connectivity index (χ0v) is 26.2. The maximum Gasteiger partial charge on any atom is 0.322 e. The fourth-order valence-electron chi connectivity index (χ4n) is 6.63. The van der Waals surface area contributed by atoms with Crippen molar-refractivity contribution in [3.8, 4) is 17.8 Å². The molecular formula is C34H40N6O5. The summed E-state index contributed by atoms with van der Waals surface area (Å²) in [5, 5.41) is 3.75. The summed E-state index contributed by atoms with van der Waals surface area (Å²) in [5.41, 5.74) is 3.27. The Morgan fingerprint density at radius 3 is 2.18 bits per heavy atom. The Morgan fingerprint density at radius 2 is 1.58 bits per heavy atom. The van der Waals surface area contributed by atoms with Gasteiger partial charge in [-0.2, -0.15) is 9.97 Å². The van der Waals surface area contributed by atoms with E-state index in [-0.39, 0.29) is 41.8 Å². The van der Waals surface area contributed by atoms with Crippen LogP contribution in [0.5, 0.6) is 17.8 Å². The molecule has 2 atom stereocenters. The molecule has 45 heavy (non-hydrogen) atoms. The Labute approximate surface area is 263 Å². The Bertz CT molecular complexity index is 1510. The van der Waals surface area contributed by atoms with Gasteiger partial charge in [-0.05, 0) is 25.0 Å². The molecule has 2 aromatic carbocycles. The van der Waals surface area contributed by atoms with E-state index in [1.807, 2.05) is 18.7 Å². The summed E-state index contributed by atoms with van der Waals surface area (Å²) in [6.07, 6.45) is 1.40. The molecule has 0 N–H and O–H groups in total. The first-order valence-corrected chi connectivity index (χ1v) is 15.4. The van der Waals surface area contributed by atoms with Crippen molar-refractivity contribution in [1.82, 2.24) is 29.8 Å². The van der Waals surface area contributed by atoms with Gasteiger partial charge >= 0.3 is 6.01 Å². The number of carbonyl (C=O) groups excluding carboxylic acids is 1. The van der Waals surface area contributed by atoms with E-state index in [2.05, 4.69) is 85.6 Å². The molecule has 4 heterocycles. The molecule has 0 radical (unpaired) electrons. The fourth-order valence-corrected chi connectivity index (χ4v) is 6.63. The lowest BCUT2D eigenvalue weighted by Crippen LogP contribution is -2.67. The van der Waals surface area contributed by atoms with Gasteiger partial charge in [0.2, 0.25) is 17.5 Å². The van der Waals surface area contributed by atoms with Gasteiger partial charge in [0.1, 0.15) is 0 Å². The quantitative estimate of drug-likeness (QED) is 0.260. The molecule has 1 amide bonds. The minimum Gasteiger partial charge on any atom is -0.481 e. The highest BCUT2D eigenvalue weighted by Gasteiger charge is 2.44. The lowest BCUT2D eigenvalue weighted by atomic mass is 9.81. The van der Waals surface area contributed by atoms with Gasteiger partial charge in [0, 0.05) is 63.3 Å². The number of nitrogens with zero attached hydrogens (tertiary/aromatic N) is 6. The second-order valence-corrected chi connectivity index (χ2v) is 11.7. The molecule has 11 heteroatoms. The maximum absolute atomic E-state index is 13.4. The third kappa shape index (κ3) is 6.64. The molecule has 2 unspecified atom stereocenters. The highest BCUT2D eigenvalue weighted by atomic mass is 16.5. The first-order chi connectivity index (χ1) is 21.9. The van der Waals surface area contributed by atoms with E-state index in [4.69, 9.17) is 18.7 Å². The summed E-state index contributed by atoms with van der Waals surface area (Å²) < 4.78 is 22.5. The van der Waals surface area contributed by atoms with Crippen molar-refractivity contribution in [2.45, 2.75) is 44.5 Å². The van der Waals surface area contributed by atoms with Crippen LogP contribution in [0.3, 0.4) is 0 Å². The largest absolute Gasteiger partial charge is 0.481 e. The first kappa shape index (κ1) is 30.5. The van der Waals surface area contributed by atoms with Crippen LogP contribution in [0.2, 0.25) is 0 Å². The summed E-state index contributed by atoms with van der Waals surface area (Å²) in [5.74, 6) is 1.09. The van der Waals surface area contributed by atoms with Crippen LogP contribution in [0.15, 0.2) is 77.4 Å². The fraction of sp³-hybridized carbons (Fsp3) is 0.412. The van der Waals surface area contributed by atoms with E-state index in [0.717, 1.165) is 25.2 Å². The van der Waals surface area contributed by atoms with Crippen LogP contribution in [0.1, 0.15) is 47.0 Å². The van der Waals surface area contributed by atoms with Gasteiger partial charge in [-0.15, -0.1) is 0 Å². The minimum atomic E-state index is -0.138. The number of ether oxygens (including phenoxy) is 3. The van der Waals surface area contributed by atoms with Gasteiger partial charge in [0.15, 0.2) is 0 Å². The van der Waals surface area contributed by atoms with Crippen molar-refractivity contribution >= 4 is 5.91 Å². The Kier molecular flexibility index (Phi) is 9.27. The number of methoxy groups -OCH3 is 2. The number of hydrogen-bond acceptors (Lipinski definition) is 10. The maximum atomic E-state index is 13.4. The van der Waals surface area contributed by atoms with Crippen molar-refractivity contribution < 1.29 is 23.5 Å². The molecule has 2 aliphatic rings. The zero-order valence-electron chi connectivity index (χ0n) is 26.2. The predicted octanol–water partition coefficient (Wildman–Crippen LogP) is 4.11. The Hall–Kier alpha value is -4.48. The van der Waals surface area contributed by atoms with Crippen LogP contribution in [0.25, 0.3) is 0 Å². The third-order valence-corrected chi connectivity index (χ3v) is 8.52. The van der Waals surface area contributed by atoms with E-state index < -0.39 is 0 Å². The number of piperazine rings is 2. The van der Waals surface area contributed by atoms with Gasteiger partial charge in [0.05, 0.1) is 32.1 Å². The number of benzene rings is 2. The molecule has 2 aliphatic heterocycles. The van der Waals surface area contributed by atoms with E-state index in [0.29, 0.717) is 31.4 Å². The SMILES string of the molecule is COc1nc(OC)c(CN2CC3CN(C(=O)c4ccno4)CCN3C(C(c3ccccc3)c3ccccc3)C2)c(OC(C)C)n1. The number of carbonyl (C=O) groups is 1. The molecular weight excluding hydrogens is 572 g/mol. The highest BCUT2D eigenvalue weighted by Crippen LogP contribution is 2.37. The summed E-state index contributed by atoms with van der Waals surface area (Å²) >= 11 is 0. The van der Waals surface area contributed by atoms with E-state index in [9.17, 15) is 4.79 Å². The standard InChI is InChI=1S/C34H40N6O5/c1-23(2)44-32-27(31(42-3)36-34(37-32)43-4)21-38-19-26-20-39(33(41)29-15-16-35-45-29)17-18-40(26)28(22-38)30(24-11-7-5-8-12-24)25-13-9-6-10-14-25/h5-16,23,26,28,30H,17-22H2,1-4H3. The number of rotatable bonds is 10. The van der Waals surface area contributed by atoms with Crippen LogP contribution in [0, 0.1) is 0 Å². The van der Waals surface area contributed by atoms with Crippen LogP contribution in [-0.2, 0) is 6.54 Å². The van der Waals surface area contributed by atoms with Crippen molar-refractivity contribution in [3.05, 3.63) is 95.4 Å². The third-order valence-electron chi connectivity index (χ3n) is 8.52. The lowest BCUT2D eigenvalue weighted by Gasteiger charge is -2.53. The van der Waals surface area contributed by atoms with Crippen LogP contribution >= 0.6 is 0 Å². The van der Waals surface area contributed by atoms with Crippen molar-refractivity contribution in [3.63, 3.8) is 0 Å². The van der Waals surface area contributed by atoms with Gasteiger partial charge < -0.3 is 23.6 Å². The molecule has 4 aromatic rings. The highest BCUT2D eigenvalue weighted by molar-refractivity contribution is 5.91. The zero-order chi connectivity index (χ0) is 31.3. The van der Waals surface area contributed by atoms with Crippen molar-refractivity contribution in [2.75, 3.05) is 46.9 Å². The van der Waals surface area contributed by atoms with E-state index >= 15 is 0 Å². The number of aromatic nitrogens is 3. The topological polar surface area (TPSA) is 106 Å². The summed E-state index contributed by atoms with van der Waals surface area (Å²) in [6.45, 7) is 7.85.